The van der Waals surface area contributed by atoms with Crippen LogP contribution in [0.4, 0.5) is 0 Å². The third kappa shape index (κ3) is 3.81. The molecule has 0 fully saturated rings. The minimum atomic E-state index is -0.116. The van der Waals surface area contributed by atoms with Gasteiger partial charge in [0.2, 0.25) is 0 Å². The first-order valence-corrected chi connectivity index (χ1v) is 5.10. The van der Waals surface area contributed by atoms with Crippen molar-refractivity contribution in [1.82, 2.24) is 0 Å². The third-order valence-corrected chi connectivity index (χ3v) is 2.26. The maximum atomic E-state index is 11.8. The van der Waals surface area contributed by atoms with Crippen LogP contribution in [0.5, 0.6) is 0 Å². The Morgan fingerprint density at radius 1 is 1.06 bits per heavy atom. The Morgan fingerprint density at radius 3 is 2.24 bits per heavy atom. The molecule has 4 heteroatoms. The second-order valence-corrected chi connectivity index (χ2v) is 3.59. The first-order valence-electron chi connectivity index (χ1n) is 5.10. The van der Waals surface area contributed by atoms with Crippen LogP contribution >= 0.6 is 0 Å². The van der Waals surface area contributed by atoms with E-state index in [1.54, 1.807) is 16.8 Å². The van der Waals surface area contributed by atoms with Gasteiger partial charge in [-0.3, -0.25) is 4.79 Å². The predicted octanol–water partition coefficient (Wildman–Crippen LogP) is -1.33. The largest absolute Gasteiger partial charge is 1.00 e. The summed E-state index contributed by atoms with van der Waals surface area (Å²) in [6.07, 6.45) is 3.63. The molecule has 0 bridgehead atoms. The second kappa shape index (κ2) is 6.34. The zero-order valence-electron chi connectivity index (χ0n) is 9.43. The normalized spacial score (nSPS) is 9.24. The van der Waals surface area contributed by atoms with E-state index in [0.29, 0.717) is 5.56 Å². The van der Waals surface area contributed by atoms with Crippen molar-refractivity contribution in [2.75, 3.05) is 5.43 Å². The van der Waals surface area contributed by atoms with Crippen molar-refractivity contribution >= 4 is 5.91 Å². The van der Waals surface area contributed by atoms with Gasteiger partial charge in [-0.2, -0.15) is 0 Å². The van der Waals surface area contributed by atoms with E-state index in [0.717, 1.165) is 5.56 Å². The smallest absolute Gasteiger partial charge is 0.305 e. The molecule has 0 aliphatic heterocycles. The maximum absolute atomic E-state index is 11.8. The van der Waals surface area contributed by atoms with E-state index in [4.69, 9.17) is 0 Å². The first-order chi connectivity index (χ1) is 7.75. The van der Waals surface area contributed by atoms with Crippen molar-refractivity contribution in [3.05, 3.63) is 66.0 Å². The van der Waals surface area contributed by atoms with Crippen molar-refractivity contribution in [3.8, 4) is 0 Å². The van der Waals surface area contributed by atoms with Gasteiger partial charge in [-0.15, -0.1) is 5.43 Å². The van der Waals surface area contributed by atoms with Gasteiger partial charge in [0.25, 0.3) is 0 Å². The lowest BCUT2D eigenvalue weighted by molar-refractivity contribution is -0.641. The third-order valence-electron chi connectivity index (χ3n) is 2.26. The topological polar surface area (TPSA) is 33.0 Å². The molecule has 1 aromatic carbocycles. The van der Waals surface area contributed by atoms with Crippen molar-refractivity contribution in [2.45, 2.75) is 6.92 Å². The lowest BCUT2D eigenvalue weighted by Gasteiger charge is -1.99. The lowest BCUT2D eigenvalue weighted by Crippen LogP contribution is -3.00. The van der Waals surface area contributed by atoms with Crippen LogP contribution < -0.4 is 34.1 Å². The fraction of sp³-hybridized carbons (Fsp3) is 0.0769. The fourth-order valence-electron chi connectivity index (χ4n) is 1.35. The van der Waals surface area contributed by atoms with Crippen LogP contribution in [0.3, 0.4) is 0 Å². The quantitative estimate of drug-likeness (QED) is 0.534. The standard InChI is InChI=1S/C13H12N2O.HI/c1-11-7-9-15(10-8-11)14-13(16)12-5-3-2-4-6-12;/h2-10H,1H3;1H. The summed E-state index contributed by atoms with van der Waals surface area (Å²) in [6, 6.07) is 13.0. The Bertz CT molecular complexity index is 483. The predicted molar refractivity (Wildman–Crippen MR) is 61.5 cm³/mol. The molecule has 0 saturated carbocycles. The number of aromatic nitrogens is 1. The molecule has 0 saturated heterocycles. The second-order valence-electron chi connectivity index (χ2n) is 3.59. The Kier molecular flexibility index (Phi) is 5.09. The number of amides is 1. The van der Waals surface area contributed by atoms with Gasteiger partial charge in [0, 0.05) is 17.7 Å². The molecule has 1 heterocycles. The van der Waals surface area contributed by atoms with Gasteiger partial charge in [-0.05, 0) is 24.6 Å². The molecule has 2 rings (SSSR count). The van der Waals surface area contributed by atoms with Gasteiger partial charge in [0.05, 0.1) is 0 Å². The summed E-state index contributed by atoms with van der Waals surface area (Å²) in [6.45, 7) is 2.00. The molecule has 1 aromatic heterocycles. The van der Waals surface area contributed by atoms with Crippen molar-refractivity contribution < 1.29 is 33.4 Å². The SMILES string of the molecule is Cc1cc[n+](NC(=O)c2ccccc2)cc1.[I-]. The molecule has 0 unspecified atom stereocenters. The molecular formula is C13H13IN2O. The van der Waals surface area contributed by atoms with Gasteiger partial charge in [0.1, 0.15) is 0 Å². The molecule has 88 valence electrons. The number of aryl methyl sites for hydroxylation is 1. The average Bonchev–Trinajstić information content (AvgIpc) is 2.33. The van der Waals surface area contributed by atoms with Gasteiger partial charge < -0.3 is 24.0 Å². The molecule has 0 aliphatic rings. The number of carbonyl (C=O) groups excluding carboxylic acids is 1. The number of nitrogens with one attached hydrogen (secondary N) is 1. The summed E-state index contributed by atoms with van der Waals surface area (Å²) >= 11 is 0. The van der Waals surface area contributed by atoms with E-state index < -0.39 is 0 Å². The molecule has 2 aromatic rings. The van der Waals surface area contributed by atoms with Crippen molar-refractivity contribution in [1.29, 1.82) is 0 Å². The monoisotopic (exact) mass is 340 g/mol. The first kappa shape index (κ1) is 13.6. The minimum absolute atomic E-state index is 0. The van der Waals surface area contributed by atoms with Crippen LogP contribution in [0.15, 0.2) is 54.9 Å². The Labute approximate surface area is 117 Å². The molecular weight excluding hydrogens is 327 g/mol. The molecule has 0 radical (unpaired) electrons. The molecule has 1 N–H and O–H groups in total. The number of rotatable bonds is 2. The van der Waals surface area contributed by atoms with Crippen LogP contribution in [-0.4, -0.2) is 5.91 Å². The van der Waals surface area contributed by atoms with Crippen LogP contribution in [-0.2, 0) is 0 Å². The Morgan fingerprint density at radius 2 is 1.65 bits per heavy atom. The molecule has 3 nitrogen and oxygen atoms in total. The zero-order valence-corrected chi connectivity index (χ0v) is 11.6. The van der Waals surface area contributed by atoms with Gasteiger partial charge in [-0.25, -0.2) is 0 Å². The highest BCUT2D eigenvalue weighted by Gasteiger charge is 2.08. The van der Waals surface area contributed by atoms with Crippen LogP contribution in [0.2, 0.25) is 0 Å². The number of pyridine rings is 1. The number of nitrogens with zero attached hydrogens (tertiary/aromatic N) is 1. The van der Waals surface area contributed by atoms with Crippen molar-refractivity contribution in [3.63, 3.8) is 0 Å². The van der Waals surface area contributed by atoms with E-state index in [9.17, 15) is 4.79 Å². The van der Waals surface area contributed by atoms with Crippen LogP contribution in [0.1, 0.15) is 15.9 Å². The highest BCUT2D eigenvalue weighted by Crippen LogP contribution is 1.97. The zero-order chi connectivity index (χ0) is 11.4. The Balaban J connectivity index is 0.00000144. The number of halogens is 1. The maximum Gasteiger partial charge on any atom is 0.305 e. The summed E-state index contributed by atoms with van der Waals surface area (Å²) < 4.78 is 1.64. The summed E-state index contributed by atoms with van der Waals surface area (Å²) in [5.41, 5.74) is 4.57. The lowest BCUT2D eigenvalue weighted by atomic mass is 10.2. The average molecular weight is 340 g/mol. The van der Waals surface area contributed by atoms with Gasteiger partial charge in [0.15, 0.2) is 12.4 Å². The highest BCUT2D eigenvalue weighted by molar-refractivity contribution is 5.98. The number of hydrogen-bond donors (Lipinski definition) is 1. The van der Waals surface area contributed by atoms with Crippen LogP contribution in [0.25, 0.3) is 0 Å². The minimum Gasteiger partial charge on any atom is -1.00 e. The van der Waals surface area contributed by atoms with Gasteiger partial charge >= 0.3 is 5.91 Å². The molecule has 17 heavy (non-hydrogen) atoms. The van der Waals surface area contributed by atoms with Crippen LogP contribution in [0, 0.1) is 6.92 Å². The molecule has 0 aliphatic carbocycles. The summed E-state index contributed by atoms with van der Waals surface area (Å²) in [4.78, 5) is 11.8. The van der Waals surface area contributed by atoms with E-state index >= 15 is 0 Å². The van der Waals surface area contributed by atoms with Crippen molar-refractivity contribution in [2.24, 2.45) is 0 Å². The summed E-state index contributed by atoms with van der Waals surface area (Å²) in [7, 11) is 0. The Hall–Kier alpha value is -1.43. The van der Waals surface area contributed by atoms with E-state index in [1.807, 2.05) is 49.6 Å². The fourth-order valence-corrected chi connectivity index (χ4v) is 1.35. The number of carbonyl (C=O) groups is 1. The summed E-state index contributed by atoms with van der Waals surface area (Å²) in [5, 5.41) is 0. The van der Waals surface area contributed by atoms with E-state index in [2.05, 4.69) is 5.43 Å². The van der Waals surface area contributed by atoms with E-state index in [1.165, 1.54) is 0 Å². The number of hydrogen-bond acceptors (Lipinski definition) is 1. The number of benzene rings is 1. The van der Waals surface area contributed by atoms with E-state index in [-0.39, 0.29) is 29.9 Å². The highest BCUT2D eigenvalue weighted by atomic mass is 127. The molecule has 1 amide bonds. The summed E-state index contributed by atoms with van der Waals surface area (Å²) in [5.74, 6) is -0.116. The van der Waals surface area contributed by atoms with Gasteiger partial charge in [-0.1, -0.05) is 22.9 Å². The molecule has 0 spiro atoms. The molecule has 0 atom stereocenters.